The average molecular weight is 398 g/mol. The Morgan fingerprint density at radius 1 is 1.14 bits per heavy atom. The van der Waals surface area contributed by atoms with E-state index in [-0.39, 0.29) is 11.4 Å². The molecule has 0 spiro atoms. The maximum atomic E-state index is 13.0. The Morgan fingerprint density at radius 2 is 1.86 bits per heavy atom. The molecule has 8 nitrogen and oxygen atoms in total. The number of nitrogens with one attached hydrogen (secondary N) is 1. The number of aryl methyl sites for hydroxylation is 1. The highest BCUT2D eigenvalue weighted by atomic mass is 19.1. The lowest BCUT2D eigenvalue weighted by Crippen LogP contribution is -2.21. The number of halogens is 1. The van der Waals surface area contributed by atoms with E-state index in [1.165, 1.54) is 54.6 Å². The lowest BCUT2D eigenvalue weighted by molar-refractivity contribution is -0.384. The van der Waals surface area contributed by atoms with E-state index >= 15 is 0 Å². The van der Waals surface area contributed by atoms with E-state index < -0.39 is 29.2 Å². The van der Waals surface area contributed by atoms with Gasteiger partial charge in [-0.2, -0.15) is 0 Å². The molecule has 1 amide bonds. The summed E-state index contributed by atoms with van der Waals surface area (Å²) < 4.78 is 23.3. The normalized spacial score (nSPS) is 10.4. The minimum atomic E-state index is -0.839. The summed E-state index contributed by atoms with van der Waals surface area (Å²) in [5, 5.41) is 13.3. The van der Waals surface area contributed by atoms with Gasteiger partial charge in [0.15, 0.2) is 6.61 Å². The Labute approximate surface area is 164 Å². The van der Waals surface area contributed by atoms with E-state index in [0.717, 1.165) is 0 Å². The van der Waals surface area contributed by atoms with Crippen molar-refractivity contribution in [2.24, 2.45) is 0 Å². The third-order valence-corrected chi connectivity index (χ3v) is 3.97. The minimum absolute atomic E-state index is 0.0956. The Hall–Kier alpha value is -4.01. The molecule has 0 unspecified atom stereocenters. The largest absolute Gasteiger partial charge is 0.450 e. The number of nitro benzene ring substituents is 1. The van der Waals surface area contributed by atoms with E-state index in [4.69, 9.17) is 9.15 Å². The minimum Gasteiger partial charge on any atom is -0.450 e. The van der Waals surface area contributed by atoms with Gasteiger partial charge >= 0.3 is 5.97 Å². The fraction of sp³-hybridized carbons (Fsp3) is 0.100. The Morgan fingerprint density at radius 3 is 2.52 bits per heavy atom. The Kier molecular flexibility index (Phi) is 5.68. The smallest absolute Gasteiger partial charge is 0.374 e. The molecule has 9 heteroatoms. The fourth-order valence-electron chi connectivity index (χ4n) is 2.51. The molecule has 0 radical (unpaired) electrons. The molecule has 0 saturated heterocycles. The van der Waals surface area contributed by atoms with Gasteiger partial charge in [-0.25, -0.2) is 9.18 Å². The zero-order valence-electron chi connectivity index (χ0n) is 15.2. The number of non-ortho nitro benzene ring substituents is 1. The molecular weight excluding hydrogens is 383 g/mol. The number of furan rings is 1. The zero-order chi connectivity index (χ0) is 21.0. The molecule has 3 rings (SSSR count). The van der Waals surface area contributed by atoms with Crippen molar-refractivity contribution in [3.05, 3.63) is 81.9 Å². The maximum absolute atomic E-state index is 13.0. The molecule has 0 bridgehead atoms. The number of benzene rings is 2. The van der Waals surface area contributed by atoms with Crippen molar-refractivity contribution < 1.29 is 28.1 Å². The zero-order valence-corrected chi connectivity index (χ0v) is 15.2. The van der Waals surface area contributed by atoms with Gasteiger partial charge in [0.05, 0.1) is 4.92 Å². The highest BCUT2D eigenvalue weighted by molar-refractivity contribution is 5.95. The van der Waals surface area contributed by atoms with Gasteiger partial charge in [-0.05, 0) is 55.0 Å². The molecule has 0 atom stereocenters. The summed E-state index contributed by atoms with van der Waals surface area (Å²) in [7, 11) is 0. The topological polar surface area (TPSA) is 112 Å². The number of amides is 1. The van der Waals surface area contributed by atoms with E-state index in [1.807, 2.05) is 0 Å². The summed E-state index contributed by atoms with van der Waals surface area (Å²) in [6.45, 7) is 1.04. The molecule has 148 valence electrons. The second kappa shape index (κ2) is 8.34. The van der Waals surface area contributed by atoms with Gasteiger partial charge in [0.1, 0.15) is 11.6 Å². The molecule has 0 fully saturated rings. The molecule has 1 heterocycles. The summed E-state index contributed by atoms with van der Waals surface area (Å²) >= 11 is 0. The number of hydrogen-bond donors (Lipinski definition) is 1. The monoisotopic (exact) mass is 398 g/mol. The van der Waals surface area contributed by atoms with Gasteiger partial charge in [-0.1, -0.05) is 0 Å². The number of nitro groups is 1. The first kappa shape index (κ1) is 19.7. The Balaban J connectivity index is 1.57. The van der Waals surface area contributed by atoms with Crippen molar-refractivity contribution in [2.75, 3.05) is 11.9 Å². The second-order valence-electron chi connectivity index (χ2n) is 6.05. The molecule has 3 aromatic rings. The number of ether oxygens (including phenoxy) is 1. The van der Waals surface area contributed by atoms with Crippen molar-refractivity contribution in [1.82, 2.24) is 0 Å². The van der Waals surface area contributed by atoms with Crippen molar-refractivity contribution in [1.29, 1.82) is 0 Å². The molecule has 1 aromatic heterocycles. The highest BCUT2D eigenvalue weighted by Crippen LogP contribution is 2.23. The van der Waals surface area contributed by atoms with Gasteiger partial charge in [-0.15, -0.1) is 0 Å². The summed E-state index contributed by atoms with van der Waals surface area (Å²) in [6, 6.07) is 12.4. The van der Waals surface area contributed by atoms with Crippen LogP contribution in [0.25, 0.3) is 11.3 Å². The van der Waals surface area contributed by atoms with Crippen LogP contribution in [-0.4, -0.2) is 23.4 Å². The van der Waals surface area contributed by atoms with Crippen LogP contribution in [0.5, 0.6) is 0 Å². The molecule has 0 saturated carbocycles. The van der Waals surface area contributed by atoms with Gasteiger partial charge in [-0.3, -0.25) is 14.9 Å². The number of hydrogen-bond acceptors (Lipinski definition) is 6. The standard InChI is InChI=1S/C20H15FN2O6/c1-12-10-15(23(26)27)6-7-16(12)22-19(24)11-28-20(25)18-9-8-17(29-18)13-2-4-14(21)5-3-13/h2-10H,11H2,1H3,(H,22,24). The number of rotatable bonds is 6. The highest BCUT2D eigenvalue weighted by Gasteiger charge is 2.16. The van der Waals surface area contributed by atoms with Crippen LogP contribution in [0.2, 0.25) is 0 Å². The average Bonchev–Trinajstić information content (AvgIpc) is 3.18. The quantitative estimate of drug-likeness (QED) is 0.380. The lowest BCUT2D eigenvalue weighted by atomic mass is 10.2. The second-order valence-corrected chi connectivity index (χ2v) is 6.05. The summed E-state index contributed by atoms with van der Waals surface area (Å²) in [4.78, 5) is 34.2. The van der Waals surface area contributed by atoms with Crippen LogP contribution in [0.15, 0.2) is 59.0 Å². The Bertz CT molecular complexity index is 1070. The van der Waals surface area contributed by atoms with Crippen LogP contribution < -0.4 is 5.32 Å². The predicted octanol–water partition coefficient (Wildman–Crippen LogP) is 4.10. The van der Waals surface area contributed by atoms with Crippen LogP contribution in [0, 0.1) is 22.9 Å². The third-order valence-electron chi connectivity index (χ3n) is 3.97. The molecule has 1 N–H and O–H groups in total. The third kappa shape index (κ3) is 4.83. The number of anilines is 1. The van der Waals surface area contributed by atoms with Crippen molar-refractivity contribution in [3.63, 3.8) is 0 Å². The molecule has 0 aliphatic carbocycles. The number of carbonyl (C=O) groups is 2. The fourth-order valence-corrected chi connectivity index (χ4v) is 2.51. The van der Waals surface area contributed by atoms with E-state index in [2.05, 4.69) is 5.32 Å². The molecule has 0 aliphatic rings. The van der Waals surface area contributed by atoms with E-state index in [0.29, 0.717) is 22.6 Å². The number of nitrogens with zero attached hydrogens (tertiary/aromatic N) is 1. The van der Waals surface area contributed by atoms with Gasteiger partial charge in [0.2, 0.25) is 5.76 Å². The first-order valence-corrected chi connectivity index (χ1v) is 8.41. The molecule has 29 heavy (non-hydrogen) atoms. The molecular formula is C20H15FN2O6. The van der Waals surface area contributed by atoms with Crippen LogP contribution in [0.4, 0.5) is 15.8 Å². The SMILES string of the molecule is Cc1cc([N+](=O)[O-])ccc1NC(=O)COC(=O)c1ccc(-c2ccc(F)cc2)o1. The molecule has 2 aromatic carbocycles. The maximum Gasteiger partial charge on any atom is 0.374 e. The summed E-state index contributed by atoms with van der Waals surface area (Å²) in [6.07, 6.45) is 0. The van der Waals surface area contributed by atoms with Gasteiger partial charge < -0.3 is 14.5 Å². The van der Waals surface area contributed by atoms with Crippen LogP contribution in [0.1, 0.15) is 16.1 Å². The first-order valence-electron chi connectivity index (χ1n) is 8.41. The molecule has 0 aliphatic heterocycles. The van der Waals surface area contributed by atoms with Crippen molar-refractivity contribution in [2.45, 2.75) is 6.92 Å². The predicted molar refractivity (Wildman–Crippen MR) is 101 cm³/mol. The number of carbonyl (C=O) groups excluding carboxylic acids is 2. The summed E-state index contributed by atoms with van der Waals surface area (Å²) in [5.41, 5.74) is 1.35. The van der Waals surface area contributed by atoms with Crippen molar-refractivity contribution in [3.8, 4) is 11.3 Å². The van der Waals surface area contributed by atoms with Gasteiger partial charge in [0.25, 0.3) is 11.6 Å². The number of esters is 1. The van der Waals surface area contributed by atoms with E-state index in [9.17, 15) is 24.1 Å². The van der Waals surface area contributed by atoms with Crippen molar-refractivity contribution >= 4 is 23.3 Å². The van der Waals surface area contributed by atoms with Gasteiger partial charge in [0, 0.05) is 23.4 Å². The summed E-state index contributed by atoms with van der Waals surface area (Å²) in [5.74, 6) is -1.60. The lowest BCUT2D eigenvalue weighted by Gasteiger charge is -2.08. The van der Waals surface area contributed by atoms with E-state index in [1.54, 1.807) is 6.92 Å². The van der Waals surface area contributed by atoms with Crippen LogP contribution >= 0.6 is 0 Å². The first-order chi connectivity index (χ1) is 13.8. The van der Waals surface area contributed by atoms with Crippen LogP contribution in [0.3, 0.4) is 0 Å². The van der Waals surface area contributed by atoms with Crippen LogP contribution in [-0.2, 0) is 9.53 Å².